The van der Waals surface area contributed by atoms with Gasteiger partial charge in [0, 0.05) is 12.1 Å². The van der Waals surface area contributed by atoms with Gasteiger partial charge in [-0.2, -0.15) is 0 Å². The Kier molecular flexibility index (Phi) is 8.02. The fraction of sp³-hybridized carbons (Fsp3) is 0.500. The summed E-state index contributed by atoms with van der Waals surface area (Å²) in [6, 6.07) is 16.5. The molecule has 32 heavy (non-hydrogen) atoms. The Morgan fingerprint density at radius 2 is 1.72 bits per heavy atom. The molecule has 2 aliphatic rings. The molecule has 1 saturated carbocycles. The number of nitrogens with zero attached hydrogens (tertiary/aromatic N) is 1. The largest absolute Gasteiger partial charge is 0.492 e. The minimum Gasteiger partial charge on any atom is -0.492 e. The number of likely N-dealkylation sites (tertiary alicyclic amines) is 1. The third-order valence-electron chi connectivity index (χ3n) is 6.37. The lowest BCUT2D eigenvalue weighted by Gasteiger charge is -2.28. The van der Waals surface area contributed by atoms with Gasteiger partial charge in [-0.15, -0.1) is 0 Å². The van der Waals surface area contributed by atoms with Crippen molar-refractivity contribution >= 4 is 5.91 Å². The number of aliphatic hydroxyl groups is 1. The van der Waals surface area contributed by atoms with E-state index >= 15 is 0 Å². The Morgan fingerprint density at radius 1 is 0.969 bits per heavy atom. The Balaban J connectivity index is 1.33. The van der Waals surface area contributed by atoms with Crippen LogP contribution < -0.4 is 14.8 Å². The van der Waals surface area contributed by atoms with Crippen LogP contribution in [0.25, 0.3) is 0 Å². The molecule has 1 saturated heterocycles. The predicted octanol–water partition coefficient (Wildman–Crippen LogP) is 3.64. The zero-order chi connectivity index (χ0) is 22.2. The lowest BCUT2D eigenvalue weighted by atomic mass is 10.0. The van der Waals surface area contributed by atoms with Crippen LogP contribution in [0.1, 0.15) is 48.9 Å². The highest BCUT2D eigenvalue weighted by atomic mass is 16.5. The molecule has 1 amide bonds. The molecule has 1 heterocycles. The first-order chi connectivity index (χ1) is 15.7. The molecule has 172 valence electrons. The number of hydrogen-bond acceptors (Lipinski definition) is 5. The Morgan fingerprint density at radius 3 is 2.53 bits per heavy atom. The van der Waals surface area contributed by atoms with E-state index in [0.717, 1.165) is 51.1 Å². The smallest absolute Gasteiger partial charge is 0.251 e. The van der Waals surface area contributed by atoms with Crippen LogP contribution in [0, 0.1) is 0 Å². The van der Waals surface area contributed by atoms with Crippen LogP contribution in [0.2, 0.25) is 0 Å². The van der Waals surface area contributed by atoms with Crippen LogP contribution in [0.15, 0.2) is 54.6 Å². The van der Waals surface area contributed by atoms with E-state index < -0.39 is 6.10 Å². The molecule has 2 N–H and O–H groups in total. The third kappa shape index (κ3) is 6.24. The van der Waals surface area contributed by atoms with E-state index in [1.807, 2.05) is 42.5 Å². The summed E-state index contributed by atoms with van der Waals surface area (Å²) in [7, 11) is 0. The number of rotatable bonds is 8. The molecule has 6 nitrogen and oxygen atoms in total. The zero-order valence-corrected chi connectivity index (χ0v) is 18.6. The fourth-order valence-corrected chi connectivity index (χ4v) is 4.55. The van der Waals surface area contributed by atoms with Gasteiger partial charge in [0.2, 0.25) is 0 Å². The molecule has 1 aliphatic heterocycles. The van der Waals surface area contributed by atoms with Crippen molar-refractivity contribution in [3.63, 3.8) is 0 Å². The number of benzene rings is 2. The quantitative estimate of drug-likeness (QED) is 0.616. The van der Waals surface area contributed by atoms with Crippen molar-refractivity contribution in [1.82, 2.24) is 10.2 Å². The van der Waals surface area contributed by atoms with Crippen molar-refractivity contribution in [1.29, 1.82) is 0 Å². The Hall–Kier alpha value is -2.57. The van der Waals surface area contributed by atoms with Gasteiger partial charge >= 0.3 is 0 Å². The highest BCUT2D eigenvalue weighted by Crippen LogP contribution is 2.24. The molecule has 0 unspecified atom stereocenters. The lowest BCUT2D eigenvalue weighted by molar-refractivity contribution is 0.0129. The van der Waals surface area contributed by atoms with Gasteiger partial charge in [-0.05, 0) is 75.5 Å². The SMILES string of the molecule is O=C(N[C@@H]1CCCC[C@@H](Oc2ccccc2)[C@@H]1O)c1cccc(OCCN2CCCC2)c1. The van der Waals surface area contributed by atoms with Gasteiger partial charge in [-0.3, -0.25) is 9.69 Å². The summed E-state index contributed by atoms with van der Waals surface area (Å²) in [4.78, 5) is 15.3. The minimum atomic E-state index is -0.762. The van der Waals surface area contributed by atoms with Crippen molar-refractivity contribution in [2.24, 2.45) is 0 Å². The highest BCUT2D eigenvalue weighted by molar-refractivity contribution is 5.94. The van der Waals surface area contributed by atoms with Crippen LogP contribution in [0.3, 0.4) is 0 Å². The van der Waals surface area contributed by atoms with E-state index in [-0.39, 0.29) is 18.1 Å². The molecule has 0 aromatic heterocycles. The van der Waals surface area contributed by atoms with E-state index in [1.165, 1.54) is 12.8 Å². The Labute approximate surface area is 190 Å². The summed E-state index contributed by atoms with van der Waals surface area (Å²) in [6.45, 7) is 3.81. The fourth-order valence-electron chi connectivity index (χ4n) is 4.55. The summed E-state index contributed by atoms with van der Waals surface area (Å²) >= 11 is 0. The van der Waals surface area contributed by atoms with Crippen molar-refractivity contribution in [3.8, 4) is 11.5 Å². The van der Waals surface area contributed by atoms with Crippen molar-refractivity contribution < 1.29 is 19.4 Å². The second-order valence-electron chi connectivity index (χ2n) is 8.75. The van der Waals surface area contributed by atoms with Gasteiger partial charge in [0.15, 0.2) is 0 Å². The van der Waals surface area contributed by atoms with Gasteiger partial charge in [-0.25, -0.2) is 0 Å². The zero-order valence-electron chi connectivity index (χ0n) is 18.6. The summed E-state index contributed by atoms with van der Waals surface area (Å²) in [6.07, 6.45) is 4.82. The number of carbonyl (C=O) groups is 1. The Bertz CT molecular complexity index is 854. The highest BCUT2D eigenvalue weighted by Gasteiger charge is 2.32. The molecule has 0 radical (unpaired) electrons. The molecule has 3 atom stereocenters. The monoisotopic (exact) mass is 438 g/mol. The van der Waals surface area contributed by atoms with Crippen LogP contribution in [0.5, 0.6) is 11.5 Å². The van der Waals surface area contributed by atoms with Crippen LogP contribution in [-0.2, 0) is 0 Å². The average molecular weight is 439 g/mol. The van der Waals surface area contributed by atoms with Gasteiger partial charge in [0.25, 0.3) is 5.91 Å². The second-order valence-corrected chi connectivity index (χ2v) is 8.75. The second kappa shape index (κ2) is 11.3. The van der Waals surface area contributed by atoms with E-state index in [1.54, 1.807) is 12.1 Å². The van der Waals surface area contributed by atoms with Gasteiger partial charge in [0.05, 0.1) is 6.04 Å². The summed E-state index contributed by atoms with van der Waals surface area (Å²) in [5, 5.41) is 14.0. The topological polar surface area (TPSA) is 71.0 Å². The van der Waals surface area contributed by atoms with Gasteiger partial charge < -0.3 is 19.9 Å². The normalized spacial score (nSPS) is 24.0. The predicted molar refractivity (Wildman–Crippen MR) is 124 cm³/mol. The third-order valence-corrected chi connectivity index (χ3v) is 6.37. The van der Waals surface area contributed by atoms with Crippen LogP contribution in [0.4, 0.5) is 0 Å². The maximum Gasteiger partial charge on any atom is 0.251 e. The molecule has 0 spiro atoms. The number of nitrogens with one attached hydrogen (secondary N) is 1. The maximum absolute atomic E-state index is 12.9. The number of aliphatic hydroxyl groups excluding tert-OH is 1. The van der Waals surface area contributed by atoms with Crippen molar-refractivity contribution in [2.45, 2.75) is 56.8 Å². The number of ether oxygens (including phenoxy) is 2. The van der Waals surface area contributed by atoms with Gasteiger partial charge in [-0.1, -0.05) is 30.7 Å². The van der Waals surface area contributed by atoms with Crippen LogP contribution >= 0.6 is 0 Å². The molecular weight excluding hydrogens is 404 g/mol. The molecule has 0 bridgehead atoms. The molecule has 4 rings (SSSR count). The first kappa shape index (κ1) is 22.6. The van der Waals surface area contributed by atoms with Crippen molar-refractivity contribution in [2.75, 3.05) is 26.2 Å². The summed E-state index contributed by atoms with van der Waals surface area (Å²) < 4.78 is 11.9. The molecule has 6 heteroatoms. The summed E-state index contributed by atoms with van der Waals surface area (Å²) in [5.41, 5.74) is 0.542. The van der Waals surface area contributed by atoms with Crippen LogP contribution in [-0.4, -0.2) is 60.4 Å². The van der Waals surface area contributed by atoms with E-state index in [4.69, 9.17) is 9.47 Å². The first-order valence-corrected chi connectivity index (χ1v) is 11.8. The molecule has 2 aromatic carbocycles. The first-order valence-electron chi connectivity index (χ1n) is 11.8. The number of amides is 1. The lowest BCUT2D eigenvalue weighted by Crippen LogP contribution is -2.49. The number of hydrogen-bond donors (Lipinski definition) is 2. The molecule has 2 aromatic rings. The van der Waals surface area contributed by atoms with E-state index in [2.05, 4.69) is 10.2 Å². The average Bonchev–Trinajstić information content (AvgIpc) is 3.28. The number of para-hydroxylation sites is 1. The molecule has 2 fully saturated rings. The number of carbonyl (C=O) groups excluding carboxylic acids is 1. The van der Waals surface area contributed by atoms with Crippen molar-refractivity contribution in [3.05, 3.63) is 60.2 Å². The van der Waals surface area contributed by atoms with E-state index in [9.17, 15) is 9.90 Å². The van der Waals surface area contributed by atoms with Gasteiger partial charge in [0.1, 0.15) is 30.3 Å². The molecular formula is C26H34N2O4. The van der Waals surface area contributed by atoms with E-state index in [0.29, 0.717) is 17.9 Å². The summed E-state index contributed by atoms with van der Waals surface area (Å²) in [5.74, 6) is 1.24. The molecule has 1 aliphatic carbocycles. The minimum absolute atomic E-state index is 0.195. The standard InChI is InChI=1S/C26H34N2O4/c29-25-23(13-4-5-14-24(25)32-21-10-2-1-3-11-21)27-26(30)20-9-8-12-22(19-20)31-18-17-28-15-6-7-16-28/h1-3,8-12,19,23-25,29H,4-7,13-18H2,(H,27,30)/t23-,24-,25-/m1/s1. The maximum atomic E-state index is 12.9.